The van der Waals surface area contributed by atoms with E-state index in [1.54, 1.807) is 18.2 Å². The number of sulfonamides is 1. The Balaban J connectivity index is 1.50. The van der Waals surface area contributed by atoms with Crippen LogP contribution in [0.1, 0.15) is 42.4 Å². The van der Waals surface area contributed by atoms with Gasteiger partial charge in [-0.2, -0.15) is 0 Å². The van der Waals surface area contributed by atoms with Gasteiger partial charge in [0, 0.05) is 25.1 Å². The molecule has 5 rings (SSSR count). The smallest absolute Gasteiger partial charge is 0.244 e. The first-order chi connectivity index (χ1) is 20.2. The van der Waals surface area contributed by atoms with Crippen molar-refractivity contribution in [1.29, 1.82) is 0 Å². The largest absolute Gasteiger partial charge is 0.454 e. The first-order valence-corrected chi connectivity index (χ1v) is 16.1. The fourth-order valence-electron chi connectivity index (χ4n) is 5.47. The van der Waals surface area contributed by atoms with E-state index in [9.17, 15) is 18.0 Å². The molecule has 1 aliphatic heterocycles. The van der Waals surface area contributed by atoms with Crippen LogP contribution in [0.5, 0.6) is 11.5 Å². The SMILES string of the molecule is Cc1ccc(CN(C(=O)CN(c2ccc3c(c2)OCO3)S(C)(=O)=O)C(Cc2ccccc2)C(=O)NC2CCCC2)cc1. The van der Waals surface area contributed by atoms with Gasteiger partial charge in [-0.15, -0.1) is 0 Å². The summed E-state index contributed by atoms with van der Waals surface area (Å²) in [4.78, 5) is 29.7. The monoisotopic (exact) mass is 591 g/mol. The number of anilines is 1. The van der Waals surface area contributed by atoms with Gasteiger partial charge in [0.2, 0.25) is 28.6 Å². The number of carbonyl (C=O) groups is 2. The molecule has 0 radical (unpaired) electrons. The Morgan fingerprint density at radius 1 is 0.929 bits per heavy atom. The molecule has 1 atom stereocenters. The molecule has 1 aliphatic carbocycles. The van der Waals surface area contributed by atoms with Gasteiger partial charge in [0.1, 0.15) is 12.6 Å². The molecule has 42 heavy (non-hydrogen) atoms. The molecule has 0 bridgehead atoms. The van der Waals surface area contributed by atoms with Gasteiger partial charge < -0.3 is 19.7 Å². The highest BCUT2D eigenvalue weighted by molar-refractivity contribution is 7.92. The predicted octanol–water partition coefficient (Wildman–Crippen LogP) is 4.19. The highest BCUT2D eigenvalue weighted by Gasteiger charge is 2.34. The Morgan fingerprint density at radius 3 is 2.31 bits per heavy atom. The van der Waals surface area contributed by atoms with Crippen molar-refractivity contribution in [2.45, 2.75) is 57.7 Å². The average Bonchev–Trinajstić information content (AvgIpc) is 3.66. The number of amides is 2. The van der Waals surface area contributed by atoms with Crippen molar-refractivity contribution in [2.24, 2.45) is 0 Å². The van der Waals surface area contributed by atoms with Crippen LogP contribution in [-0.4, -0.2) is 56.8 Å². The number of hydrogen-bond donors (Lipinski definition) is 1. The molecule has 2 aliphatic rings. The zero-order valence-corrected chi connectivity index (χ0v) is 24.8. The molecule has 1 heterocycles. The van der Waals surface area contributed by atoms with Crippen molar-refractivity contribution < 1.29 is 27.5 Å². The van der Waals surface area contributed by atoms with Crippen LogP contribution in [0.4, 0.5) is 5.69 Å². The summed E-state index contributed by atoms with van der Waals surface area (Å²) in [5, 5.41) is 3.18. The van der Waals surface area contributed by atoms with Gasteiger partial charge in [-0.3, -0.25) is 13.9 Å². The molecular weight excluding hydrogens is 554 g/mol. The number of hydrogen-bond acceptors (Lipinski definition) is 6. The summed E-state index contributed by atoms with van der Waals surface area (Å²) in [6.07, 6.45) is 5.27. The van der Waals surface area contributed by atoms with Crippen LogP contribution in [0, 0.1) is 6.92 Å². The van der Waals surface area contributed by atoms with E-state index < -0.39 is 28.5 Å². The molecule has 2 amide bonds. The number of nitrogens with zero attached hydrogens (tertiary/aromatic N) is 2. The van der Waals surface area contributed by atoms with Crippen LogP contribution in [0.15, 0.2) is 72.8 Å². The molecule has 1 fully saturated rings. The first-order valence-electron chi connectivity index (χ1n) is 14.2. The molecule has 9 nitrogen and oxygen atoms in total. The third kappa shape index (κ3) is 7.23. The molecule has 1 saturated carbocycles. The number of benzene rings is 3. The minimum atomic E-state index is -3.88. The summed E-state index contributed by atoms with van der Waals surface area (Å²) in [6.45, 7) is 1.69. The predicted molar refractivity (Wildman–Crippen MR) is 161 cm³/mol. The number of ether oxygens (including phenoxy) is 2. The minimum absolute atomic E-state index is 0.0399. The van der Waals surface area contributed by atoms with E-state index in [-0.39, 0.29) is 31.0 Å². The van der Waals surface area contributed by atoms with Crippen LogP contribution < -0.4 is 19.1 Å². The Bertz CT molecular complexity index is 1500. The highest BCUT2D eigenvalue weighted by Crippen LogP contribution is 2.36. The van der Waals surface area contributed by atoms with Gasteiger partial charge in [-0.1, -0.05) is 73.0 Å². The topological polar surface area (TPSA) is 105 Å². The van der Waals surface area contributed by atoms with Crippen molar-refractivity contribution in [1.82, 2.24) is 10.2 Å². The summed E-state index contributed by atoms with van der Waals surface area (Å²) >= 11 is 0. The molecule has 0 spiro atoms. The van der Waals surface area contributed by atoms with Gasteiger partial charge in [0.05, 0.1) is 11.9 Å². The van der Waals surface area contributed by atoms with Gasteiger partial charge in [0.15, 0.2) is 11.5 Å². The molecule has 10 heteroatoms. The fourth-order valence-corrected chi connectivity index (χ4v) is 6.31. The highest BCUT2D eigenvalue weighted by atomic mass is 32.2. The molecule has 0 aromatic heterocycles. The summed E-state index contributed by atoms with van der Waals surface area (Å²) in [5.74, 6) is 0.190. The second-order valence-corrected chi connectivity index (χ2v) is 12.9. The van der Waals surface area contributed by atoms with E-state index >= 15 is 0 Å². The second-order valence-electron chi connectivity index (χ2n) is 11.0. The van der Waals surface area contributed by atoms with Crippen LogP contribution >= 0.6 is 0 Å². The summed E-state index contributed by atoms with van der Waals surface area (Å²) in [5.41, 5.74) is 3.10. The fraction of sp³-hybridized carbons (Fsp3) is 0.375. The van der Waals surface area contributed by atoms with Crippen LogP contribution in [0.25, 0.3) is 0 Å². The third-order valence-electron chi connectivity index (χ3n) is 7.77. The van der Waals surface area contributed by atoms with Gasteiger partial charge >= 0.3 is 0 Å². The lowest BCUT2D eigenvalue weighted by Crippen LogP contribution is -2.54. The number of carbonyl (C=O) groups excluding carboxylic acids is 2. The van der Waals surface area contributed by atoms with E-state index in [2.05, 4.69) is 5.32 Å². The van der Waals surface area contributed by atoms with Gasteiger partial charge in [0.25, 0.3) is 0 Å². The molecule has 0 saturated heterocycles. The van der Waals surface area contributed by atoms with E-state index in [0.717, 1.165) is 52.9 Å². The normalized spacial score (nSPS) is 15.3. The molecule has 1 N–H and O–H groups in total. The van der Waals surface area contributed by atoms with Crippen LogP contribution in [0.2, 0.25) is 0 Å². The maximum Gasteiger partial charge on any atom is 0.244 e. The Labute approximate surface area is 247 Å². The van der Waals surface area contributed by atoms with E-state index in [0.29, 0.717) is 17.9 Å². The zero-order chi connectivity index (χ0) is 29.7. The van der Waals surface area contributed by atoms with Gasteiger partial charge in [-0.25, -0.2) is 8.42 Å². The molecule has 1 unspecified atom stereocenters. The van der Waals surface area contributed by atoms with Crippen molar-refractivity contribution in [2.75, 3.05) is 23.9 Å². The molecule has 222 valence electrons. The van der Waals surface area contributed by atoms with Crippen LogP contribution in [0.3, 0.4) is 0 Å². The Kier molecular flexibility index (Phi) is 9.01. The molecular formula is C32H37N3O6S. The van der Waals surface area contributed by atoms with E-state index in [1.807, 2.05) is 61.5 Å². The number of nitrogens with one attached hydrogen (secondary N) is 1. The quantitative estimate of drug-likeness (QED) is 0.359. The second kappa shape index (κ2) is 12.9. The summed E-state index contributed by atoms with van der Waals surface area (Å²) in [6, 6.07) is 21.3. The van der Waals surface area contributed by atoms with E-state index in [4.69, 9.17) is 9.47 Å². The molecule has 3 aromatic rings. The maximum absolute atomic E-state index is 14.2. The Hall–Kier alpha value is -4.05. The molecule has 3 aromatic carbocycles. The van der Waals surface area contributed by atoms with Crippen molar-refractivity contribution >= 4 is 27.5 Å². The summed E-state index contributed by atoms with van der Waals surface area (Å²) in [7, 11) is -3.88. The number of fused-ring (bicyclic) bond motifs is 1. The van der Waals surface area contributed by atoms with Crippen LogP contribution in [-0.2, 0) is 32.6 Å². The average molecular weight is 592 g/mol. The van der Waals surface area contributed by atoms with Crippen molar-refractivity contribution in [3.63, 3.8) is 0 Å². The Morgan fingerprint density at radius 2 is 1.62 bits per heavy atom. The van der Waals surface area contributed by atoms with Crippen molar-refractivity contribution in [3.8, 4) is 11.5 Å². The van der Waals surface area contributed by atoms with E-state index in [1.165, 1.54) is 4.90 Å². The van der Waals surface area contributed by atoms with Gasteiger partial charge in [-0.05, 0) is 43.0 Å². The third-order valence-corrected chi connectivity index (χ3v) is 8.91. The lowest BCUT2D eigenvalue weighted by molar-refractivity contribution is -0.140. The lowest BCUT2D eigenvalue weighted by Gasteiger charge is -2.34. The summed E-state index contributed by atoms with van der Waals surface area (Å²) < 4.78 is 37.9. The maximum atomic E-state index is 14.2. The number of aryl methyl sites for hydroxylation is 1. The number of rotatable bonds is 11. The minimum Gasteiger partial charge on any atom is -0.454 e. The first kappa shape index (κ1) is 29.4. The zero-order valence-electron chi connectivity index (χ0n) is 24.0. The van der Waals surface area contributed by atoms with Crippen molar-refractivity contribution in [3.05, 3.63) is 89.5 Å². The lowest BCUT2D eigenvalue weighted by atomic mass is 10.0. The standard InChI is InChI=1S/C32H37N3O6S/c1-23-12-14-25(15-13-23)20-34(28(18-24-8-4-3-5-9-24)32(37)33-26-10-6-7-11-26)31(36)21-35(42(2,38)39)27-16-17-29-30(19-27)41-22-40-29/h3-5,8-9,12-17,19,26,28H,6-7,10-11,18,20-22H2,1-2H3,(H,33,37).